The molecule has 0 heterocycles. The molecule has 0 radical (unpaired) electrons. The average molecular weight is 297 g/mol. The Labute approximate surface area is 113 Å². The van der Waals surface area contributed by atoms with Crippen LogP contribution in [0.15, 0.2) is 28.7 Å². The first-order valence-electron chi connectivity index (χ1n) is 6.48. The first-order valence-corrected chi connectivity index (χ1v) is 7.28. The standard InChI is InChI=1S/C15H21BrO/c1-2-3-4-5-6-7-15(17)12-13-8-10-14(16)11-9-13/h8-11H,2-7,12H2,1H3. The third-order valence-corrected chi connectivity index (χ3v) is 3.40. The first kappa shape index (κ1) is 14.4. The van der Waals surface area contributed by atoms with Gasteiger partial charge in [0.1, 0.15) is 5.78 Å². The van der Waals surface area contributed by atoms with Gasteiger partial charge >= 0.3 is 0 Å². The van der Waals surface area contributed by atoms with Gasteiger partial charge in [-0.15, -0.1) is 0 Å². The van der Waals surface area contributed by atoms with Gasteiger partial charge in [-0.3, -0.25) is 4.79 Å². The molecule has 0 atom stereocenters. The van der Waals surface area contributed by atoms with Crippen molar-refractivity contribution in [3.8, 4) is 0 Å². The van der Waals surface area contributed by atoms with Gasteiger partial charge in [0.15, 0.2) is 0 Å². The number of hydrogen-bond acceptors (Lipinski definition) is 1. The summed E-state index contributed by atoms with van der Waals surface area (Å²) in [4.78, 5) is 11.7. The van der Waals surface area contributed by atoms with E-state index in [0.717, 1.165) is 22.9 Å². The molecule has 0 spiro atoms. The molecule has 0 aliphatic heterocycles. The number of benzene rings is 1. The van der Waals surface area contributed by atoms with Crippen LogP contribution in [0.3, 0.4) is 0 Å². The first-order chi connectivity index (χ1) is 8.22. The predicted octanol–water partition coefficient (Wildman–Crippen LogP) is 4.92. The number of carbonyl (C=O) groups excluding carboxylic acids is 1. The van der Waals surface area contributed by atoms with E-state index in [1.165, 1.54) is 25.7 Å². The van der Waals surface area contributed by atoms with Gasteiger partial charge in [0.05, 0.1) is 0 Å². The predicted molar refractivity (Wildman–Crippen MR) is 76.2 cm³/mol. The second-order valence-corrected chi connectivity index (χ2v) is 5.42. The van der Waals surface area contributed by atoms with Crippen molar-refractivity contribution >= 4 is 21.7 Å². The van der Waals surface area contributed by atoms with Gasteiger partial charge in [0.25, 0.3) is 0 Å². The van der Waals surface area contributed by atoms with Gasteiger partial charge in [-0.1, -0.05) is 60.7 Å². The number of ketones is 1. The second-order valence-electron chi connectivity index (χ2n) is 4.51. The molecule has 0 aromatic heterocycles. The lowest BCUT2D eigenvalue weighted by atomic mass is 10.0. The Morgan fingerprint density at radius 1 is 1.06 bits per heavy atom. The van der Waals surface area contributed by atoms with E-state index in [9.17, 15) is 4.79 Å². The summed E-state index contributed by atoms with van der Waals surface area (Å²) in [7, 11) is 0. The fraction of sp³-hybridized carbons (Fsp3) is 0.533. The maximum Gasteiger partial charge on any atom is 0.137 e. The lowest BCUT2D eigenvalue weighted by Gasteiger charge is -2.02. The monoisotopic (exact) mass is 296 g/mol. The number of Topliss-reactive ketones (excluding diaryl/α,β-unsaturated/α-hetero) is 1. The number of unbranched alkanes of at least 4 members (excludes halogenated alkanes) is 4. The Kier molecular flexibility index (Phi) is 7.18. The summed E-state index contributed by atoms with van der Waals surface area (Å²) < 4.78 is 1.06. The van der Waals surface area contributed by atoms with Crippen molar-refractivity contribution in [3.63, 3.8) is 0 Å². The summed E-state index contributed by atoms with van der Waals surface area (Å²) in [5.41, 5.74) is 1.12. The quantitative estimate of drug-likeness (QED) is 0.622. The zero-order valence-corrected chi connectivity index (χ0v) is 12.1. The number of hydrogen-bond donors (Lipinski definition) is 0. The Hall–Kier alpha value is -0.630. The van der Waals surface area contributed by atoms with Crippen molar-refractivity contribution in [2.75, 3.05) is 0 Å². The molecule has 0 N–H and O–H groups in total. The summed E-state index contributed by atoms with van der Waals surface area (Å²) >= 11 is 3.39. The minimum atomic E-state index is 0.365. The van der Waals surface area contributed by atoms with E-state index in [2.05, 4.69) is 22.9 Å². The molecule has 2 heteroatoms. The summed E-state index contributed by atoms with van der Waals surface area (Å²) in [5.74, 6) is 0.365. The fourth-order valence-electron chi connectivity index (χ4n) is 1.84. The van der Waals surface area contributed by atoms with Crippen molar-refractivity contribution < 1.29 is 4.79 Å². The molecule has 0 aliphatic rings. The highest BCUT2D eigenvalue weighted by atomic mass is 79.9. The van der Waals surface area contributed by atoms with E-state index in [1.54, 1.807) is 0 Å². The van der Waals surface area contributed by atoms with E-state index in [4.69, 9.17) is 0 Å². The zero-order valence-electron chi connectivity index (χ0n) is 10.5. The smallest absolute Gasteiger partial charge is 0.137 e. The Morgan fingerprint density at radius 2 is 1.71 bits per heavy atom. The van der Waals surface area contributed by atoms with Gasteiger partial charge in [0, 0.05) is 17.3 Å². The summed E-state index contributed by atoms with van der Waals surface area (Å²) in [6.07, 6.45) is 7.38. The molecule has 17 heavy (non-hydrogen) atoms. The molecular formula is C15H21BrO. The molecule has 0 saturated heterocycles. The molecule has 0 bridgehead atoms. The number of rotatable bonds is 8. The third kappa shape index (κ3) is 6.62. The normalized spacial score (nSPS) is 10.5. The lowest BCUT2D eigenvalue weighted by Crippen LogP contribution is -2.02. The van der Waals surface area contributed by atoms with Crippen LogP contribution in [-0.4, -0.2) is 5.78 Å². The van der Waals surface area contributed by atoms with Crippen LogP contribution in [-0.2, 0) is 11.2 Å². The fourth-order valence-corrected chi connectivity index (χ4v) is 2.11. The van der Waals surface area contributed by atoms with Crippen LogP contribution in [0.1, 0.15) is 51.0 Å². The number of carbonyl (C=O) groups is 1. The molecule has 94 valence electrons. The van der Waals surface area contributed by atoms with E-state index in [-0.39, 0.29) is 0 Å². The minimum Gasteiger partial charge on any atom is -0.299 e. The maximum atomic E-state index is 11.7. The van der Waals surface area contributed by atoms with Gasteiger partial charge in [0.2, 0.25) is 0 Å². The molecule has 0 fully saturated rings. The second kappa shape index (κ2) is 8.46. The van der Waals surface area contributed by atoms with Crippen molar-refractivity contribution in [1.82, 2.24) is 0 Å². The van der Waals surface area contributed by atoms with Gasteiger partial charge in [-0.05, 0) is 24.1 Å². The third-order valence-electron chi connectivity index (χ3n) is 2.87. The van der Waals surface area contributed by atoms with Crippen LogP contribution in [0.2, 0.25) is 0 Å². The lowest BCUT2D eigenvalue weighted by molar-refractivity contribution is -0.118. The topological polar surface area (TPSA) is 17.1 Å². The van der Waals surface area contributed by atoms with E-state index in [0.29, 0.717) is 12.2 Å². The van der Waals surface area contributed by atoms with Crippen LogP contribution >= 0.6 is 15.9 Å². The average Bonchev–Trinajstić information content (AvgIpc) is 2.32. The van der Waals surface area contributed by atoms with Crippen molar-refractivity contribution in [1.29, 1.82) is 0 Å². The van der Waals surface area contributed by atoms with Gasteiger partial charge in [-0.2, -0.15) is 0 Å². The van der Waals surface area contributed by atoms with Crippen LogP contribution in [0.4, 0.5) is 0 Å². The molecule has 0 amide bonds. The molecular weight excluding hydrogens is 276 g/mol. The van der Waals surface area contributed by atoms with Crippen LogP contribution in [0.5, 0.6) is 0 Å². The van der Waals surface area contributed by atoms with Gasteiger partial charge < -0.3 is 0 Å². The minimum absolute atomic E-state index is 0.365. The van der Waals surface area contributed by atoms with E-state index >= 15 is 0 Å². The summed E-state index contributed by atoms with van der Waals surface area (Å²) in [5, 5.41) is 0. The molecule has 1 aromatic carbocycles. The molecule has 0 aliphatic carbocycles. The van der Waals surface area contributed by atoms with Crippen molar-refractivity contribution in [2.45, 2.75) is 51.9 Å². The number of halogens is 1. The highest BCUT2D eigenvalue weighted by Crippen LogP contribution is 2.12. The molecule has 1 rings (SSSR count). The van der Waals surface area contributed by atoms with Crippen LogP contribution < -0.4 is 0 Å². The Bertz CT molecular complexity index is 329. The zero-order chi connectivity index (χ0) is 12.5. The molecule has 0 saturated carbocycles. The Balaban J connectivity index is 2.18. The molecule has 0 unspecified atom stereocenters. The highest BCUT2D eigenvalue weighted by Gasteiger charge is 2.03. The van der Waals surface area contributed by atoms with Crippen LogP contribution in [0, 0.1) is 0 Å². The Morgan fingerprint density at radius 3 is 2.35 bits per heavy atom. The largest absolute Gasteiger partial charge is 0.299 e. The van der Waals surface area contributed by atoms with Crippen LogP contribution in [0.25, 0.3) is 0 Å². The highest BCUT2D eigenvalue weighted by molar-refractivity contribution is 9.10. The van der Waals surface area contributed by atoms with E-state index in [1.807, 2.05) is 24.3 Å². The SMILES string of the molecule is CCCCCCCC(=O)Cc1ccc(Br)cc1. The van der Waals surface area contributed by atoms with E-state index < -0.39 is 0 Å². The molecule has 1 aromatic rings. The summed E-state index contributed by atoms with van der Waals surface area (Å²) in [6.45, 7) is 2.21. The molecule has 1 nitrogen and oxygen atoms in total. The maximum absolute atomic E-state index is 11.7. The summed E-state index contributed by atoms with van der Waals surface area (Å²) in [6, 6.07) is 8.01. The van der Waals surface area contributed by atoms with Crippen molar-refractivity contribution in [2.24, 2.45) is 0 Å². The van der Waals surface area contributed by atoms with Crippen molar-refractivity contribution in [3.05, 3.63) is 34.3 Å². The van der Waals surface area contributed by atoms with Gasteiger partial charge in [-0.25, -0.2) is 0 Å².